The number of aliphatic hydroxyl groups is 1. The van der Waals surface area contributed by atoms with Gasteiger partial charge in [0.1, 0.15) is 0 Å². The first-order valence-electron chi connectivity index (χ1n) is 13.4. The molecule has 0 saturated heterocycles. The van der Waals surface area contributed by atoms with Crippen LogP contribution >= 0.6 is 0 Å². The van der Waals surface area contributed by atoms with Gasteiger partial charge in [0, 0.05) is 13.0 Å². The van der Waals surface area contributed by atoms with E-state index < -0.39 is 0 Å². The summed E-state index contributed by atoms with van der Waals surface area (Å²) in [6.45, 7) is 9.43. The smallest absolute Gasteiger partial charge is 0.220 e. The van der Waals surface area contributed by atoms with Crippen molar-refractivity contribution >= 4 is 5.91 Å². The Morgan fingerprint density at radius 2 is 1.31 bits per heavy atom. The van der Waals surface area contributed by atoms with Gasteiger partial charge < -0.3 is 10.4 Å². The molecule has 0 heterocycles. The molecule has 0 aromatic heterocycles. The predicted octanol–water partition coefficient (Wildman–Crippen LogP) is 7.68. The summed E-state index contributed by atoms with van der Waals surface area (Å²) < 4.78 is 0. The van der Waals surface area contributed by atoms with E-state index in [0.29, 0.717) is 18.9 Å². The van der Waals surface area contributed by atoms with Crippen LogP contribution in [0.25, 0.3) is 0 Å². The molecule has 1 amide bonds. The van der Waals surface area contributed by atoms with Gasteiger partial charge in [-0.05, 0) is 68.2 Å². The van der Waals surface area contributed by atoms with E-state index in [4.69, 9.17) is 5.11 Å². The summed E-state index contributed by atoms with van der Waals surface area (Å²) >= 11 is 0. The summed E-state index contributed by atoms with van der Waals surface area (Å²) in [5.74, 6) is 0.756. The number of carbonyl (C=O) groups is 1. The van der Waals surface area contributed by atoms with E-state index in [9.17, 15) is 4.79 Å². The monoisotopic (exact) mass is 445 g/mol. The van der Waals surface area contributed by atoms with E-state index in [1.54, 1.807) is 5.56 Å². The lowest BCUT2D eigenvalue weighted by Crippen LogP contribution is -2.25. The van der Waals surface area contributed by atoms with Gasteiger partial charge in [-0.2, -0.15) is 0 Å². The average Bonchev–Trinajstić information content (AvgIpc) is 2.78. The second kappa shape index (κ2) is 18.1. The van der Waals surface area contributed by atoms with Crippen molar-refractivity contribution in [3.63, 3.8) is 0 Å². The Morgan fingerprint density at radius 3 is 1.84 bits per heavy atom. The second-order valence-electron chi connectivity index (χ2n) is 9.77. The van der Waals surface area contributed by atoms with Crippen molar-refractivity contribution in [1.82, 2.24) is 5.32 Å². The van der Waals surface area contributed by atoms with Crippen LogP contribution in [0.1, 0.15) is 131 Å². The number of aryl methyl sites for hydroxylation is 2. The molecular formula is C29H51NO2. The van der Waals surface area contributed by atoms with Gasteiger partial charge in [-0.25, -0.2) is 0 Å². The van der Waals surface area contributed by atoms with Crippen LogP contribution in [-0.4, -0.2) is 24.2 Å². The van der Waals surface area contributed by atoms with Crippen LogP contribution in [0.2, 0.25) is 0 Å². The number of aliphatic hydroxyl groups excluding tert-OH is 1. The molecule has 3 nitrogen and oxygen atoms in total. The molecule has 1 unspecified atom stereocenters. The van der Waals surface area contributed by atoms with Gasteiger partial charge in [0.25, 0.3) is 0 Å². The first-order chi connectivity index (χ1) is 15.5. The average molecular weight is 446 g/mol. The summed E-state index contributed by atoms with van der Waals surface area (Å²) in [4.78, 5) is 11.6. The highest BCUT2D eigenvalue weighted by Gasteiger charge is 2.13. The number of hydrogen-bond acceptors (Lipinski definition) is 2. The van der Waals surface area contributed by atoms with Crippen molar-refractivity contribution in [1.29, 1.82) is 0 Å². The van der Waals surface area contributed by atoms with Gasteiger partial charge in [-0.1, -0.05) is 89.7 Å². The van der Waals surface area contributed by atoms with Gasteiger partial charge in [-0.15, -0.1) is 0 Å². The topological polar surface area (TPSA) is 49.3 Å². The first kappa shape index (κ1) is 28.7. The quantitative estimate of drug-likeness (QED) is 0.215. The fraction of sp³-hybridized carbons (Fsp3) is 0.759. The minimum atomic E-state index is 0.0196. The molecule has 3 heteroatoms. The molecule has 1 aromatic rings. The highest BCUT2D eigenvalue weighted by molar-refractivity contribution is 5.75. The van der Waals surface area contributed by atoms with E-state index in [2.05, 4.69) is 45.1 Å². The molecule has 1 atom stereocenters. The summed E-state index contributed by atoms with van der Waals surface area (Å²) in [5, 5.41) is 11.5. The van der Waals surface area contributed by atoms with Crippen LogP contribution in [-0.2, 0) is 4.79 Å². The first-order valence-corrected chi connectivity index (χ1v) is 13.4. The molecule has 0 aliphatic carbocycles. The maximum Gasteiger partial charge on any atom is 0.220 e. The van der Waals surface area contributed by atoms with E-state index in [0.717, 1.165) is 12.8 Å². The van der Waals surface area contributed by atoms with E-state index >= 15 is 0 Å². The fourth-order valence-corrected chi connectivity index (χ4v) is 4.62. The van der Waals surface area contributed by atoms with Crippen molar-refractivity contribution in [3.8, 4) is 0 Å². The zero-order valence-electron chi connectivity index (χ0n) is 21.6. The second-order valence-corrected chi connectivity index (χ2v) is 9.77. The molecule has 32 heavy (non-hydrogen) atoms. The Bertz CT molecular complexity index is 603. The molecule has 2 N–H and O–H groups in total. The summed E-state index contributed by atoms with van der Waals surface area (Å²) in [6.07, 6.45) is 18.7. The molecule has 1 aromatic carbocycles. The summed E-state index contributed by atoms with van der Waals surface area (Å²) in [6, 6.07) is 4.89. The minimum absolute atomic E-state index is 0.0196. The lowest BCUT2D eigenvalue weighted by atomic mass is 9.85. The maximum atomic E-state index is 11.6. The molecule has 184 valence electrons. The molecule has 1 rings (SSSR count). The number of carbonyl (C=O) groups excluding carboxylic acids is 1. The number of nitrogens with one attached hydrogen (secondary N) is 1. The van der Waals surface area contributed by atoms with Gasteiger partial charge in [0.15, 0.2) is 0 Å². The summed E-state index contributed by atoms with van der Waals surface area (Å²) in [7, 11) is 0. The Kier molecular flexibility index (Phi) is 16.2. The zero-order valence-corrected chi connectivity index (χ0v) is 21.6. The number of unbranched alkanes of at least 4 members (excludes halogenated alkanes) is 10. The number of hydrogen-bond donors (Lipinski definition) is 2. The third-order valence-corrected chi connectivity index (χ3v) is 6.97. The van der Waals surface area contributed by atoms with Crippen LogP contribution in [0.5, 0.6) is 0 Å². The SMILES string of the molecule is CCCCCCCCCC(CCCCCCCC(=O)NCCO)c1cc(C)c(C)c(C)c1. The zero-order chi connectivity index (χ0) is 23.6. The third-order valence-electron chi connectivity index (χ3n) is 6.97. The molecule has 0 saturated carbocycles. The van der Waals surface area contributed by atoms with Crippen LogP contribution < -0.4 is 5.32 Å². The molecule has 0 bridgehead atoms. The predicted molar refractivity (Wildman–Crippen MR) is 138 cm³/mol. The van der Waals surface area contributed by atoms with Crippen molar-refractivity contribution in [2.24, 2.45) is 0 Å². The van der Waals surface area contributed by atoms with Crippen LogP contribution in [0.15, 0.2) is 12.1 Å². The number of amides is 1. The van der Waals surface area contributed by atoms with Gasteiger partial charge in [0.05, 0.1) is 6.61 Å². The van der Waals surface area contributed by atoms with E-state index in [-0.39, 0.29) is 12.5 Å². The minimum Gasteiger partial charge on any atom is -0.395 e. The normalized spacial score (nSPS) is 12.2. The standard InChI is InChI=1S/C29H51NO2/c1-5-6-7-8-9-11-14-17-27(28-22-24(2)26(4)25(3)23-28)18-15-12-10-13-16-19-29(32)30-20-21-31/h22-23,27,31H,5-21H2,1-4H3,(H,30,32). The molecule has 0 fully saturated rings. The lowest BCUT2D eigenvalue weighted by Gasteiger charge is -2.20. The highest BCUT2D eigenvalue weighted by Crippen LogP contribution is 2.31. The van der Waals surface area contributed by atoms with Crippen LogP contribution in [0.4, 0.5) is 0 Å². The largest absolute Gasteiger partial charge is 0.395 e. The third kappa shape index (κ3) is 12.6. The Labute approximate surface area is 198 Å². The van der Waals surface area contributed by atoms with Gasteiger partial charge in [0.2, 0.25) is 5.91 Å². The molecule has 0 radical (unpaired) electrons. The van der Waals surface area contributed by atoms with E-state index in [1.807, 2.05) is 0 Å². The molecule has 0 spiro atoms. The highest BCUT2D eigenvalue weighted by atomic mass is 16.3. The Hall–Kier alpha value is -1.35. The Morgan fingerprint density at radius 1 is 0.812 bits per heavy atom. The Balaban J connectivity index is 2.41. The van der Waals surface area contributed by atoms with Crippen molar-refractivity contribution in [2.45, 2.75) is 130 Å². The molecule has 0 aliphatic rings. The lowest BCUT2D eigenvalue weighted by molar-refractivity contribution is -0.121. The maximum absolute atomic E-state index is 11.6. The van der Waals surface area contributed by atoms with Crippen molar-refractivity contribution in [3.05, 3.63) is 34.4 Å². The van der Waals surface area contributed by atoms with Crippen molar-refractivity contribution < 1.29 is 9.90 Å². The van der Waals surface area contributed by atoms with Crippen molar-refractivity contribution in [2.75, 3.05) is 13.2 Å². The summed E-state index contributed by atoms with van der Waals surface area (Å²) in [5.41, 5.74) is 5.86. The van der Waals surface area contributed by atoms with Gasteiger partial charge >= 0.3 is 0 Å². The molecule has 0 aliphatic heterocycles. The number of rotatable bonds is 19. The number of benzene rings is 1. The van der Waals surface area contributed by atoms with Crippen LogP contribution in [0, 0.1) is 20.8 Å². The van der Waals surface area contributed by atoms with Gasteiger partial charge in [-0.3, -0.25) is 4.79 Å². The fourth-order valence-electron chi connectivity index (χ4n) is 4.62. The van der Waals surface area contributed by atoms with E-state index in [1.165, 1.54) is 93.7 Å². The molecular weight excluding hydrogens is 394 g/mol. The van der Waals surface area contributed by atoms with Crippen LogP contribution in [0.3, 0.4) is 0 Å².